The second-order valence-electron chi connectivity index (χ2n) is 6.40. The van der Waals surface area contributed by atoms with Crippen LogP contribution in [0.25, 0.3) is 0 Å². The molecule has 0 fully saturated rings. The van der Waals surface area contributed by atoms with Gasteiger partial charge in [-0.15, -0.1) is 0 Å². The zero-order valence-electron chi connectivity index (χ0n) is 12.7. The summed E-state index contributed by atoms with van der Waals surface area (Å²) < 4.78 is 5.29. The Bertz CT molecular complexity index is 736. The summed E-state index contributed by atoms with van der Waals surface area (Å²) in [7, 11) is 1.60. The molecule has 0 spiro atoms. The van der Waals surface area contributed by atoms with Crippen molar-refractivity contribution in [2.45, 2.75) is 37.5 Å². The number of fused-ring (bicyclic) bond motifs is 5. The SMILES string of the molecule is COc1cc2c(cc1O)CC[C@H]1c3ccc(O)cc3CC[C@H]21. The Labute approximate surface area is 130 Å². The van der Waals surface area contributed by atoms with Crippen molar-refractivity contribution >= 4 is 0 Å². The highest BCUT2D eigenvalue weighted by Crippen LogP contribution is 2.51. The summed E-state index contributed by atoms with van der Waals surface area (Å²) in [6.45, 7) is 0. The second kappa shape index (κ2) is 4.94. The highest BCUT2D eigenvalue weighted by Gasteiger charge is 2.35. The molecule has 2 aliphatic carbocycles. The lowest BCUT2D eigenvalue weighted by Gasteiger charge is -2.39. The number of ether oxygens (including phenoxy) is 1. The molecule has 0 heterocycles. The molecule has 0 unspecified atom stereocenters. The number of aromatic hydroxyl groups is 2. The molecule has 0 amide bonds. The summed E-state index contributed by atoms with van der Waals surface area (Å²) in [5.74, 6) is 2.15. The molecule has 2 aromatic carbocycles. The lowest BCUT2D eigenvalue weighted by molar-refractivity contribution is 0.366. The van der Waals surface area contributed by atoms with E-state index >= 15 is 0 Å². The largest absolute Gasteiger partial charge is 0.508 e. The predicted octanol–water partition coefficient (Wildman–Crippen LogP) is 3.87. The van der Waals surface area contributed by atoms with Gasteiger partial charge in [0.1, 0.15) is 5.75 Å². The molecule has 0 aliphatic heterocycles. The maximum Gasteiger partial charge on any atom is 0.160 e. The standard InChI is InChI=1S/C19H20O3/c1-22-19-10-17-12(9-18(19)21)3-5-15-14-7-4-13(20)8-11(14)2-6-16(15)17/h4,7-10,15-16,20-21H,2-3,5-6H2,1H3/t15-,16-/m0/s1. The van der Waals surface area contributed by atoms with Crippen molar-refractivity contribution in [1.82, 2.24) is 0 Å². The fourth-order valence-corrected chi connectivity index (χ4v) is 4.29. The van der Waals surface area contributed by atoms with Crippen LogP contribution in [0.3, 0.4) is 0 Å². The zero-order valence-corrected chi connectivity index (χ0v) is 12.7. The minimum atomic E-state index is 0.237. The fraction of sp³-hybridized carbons (Fsp3) is 0.368. The summed E-state index contributed by atoms with van der Waals surface area (Å²) in [6, 6.07) is 9.69. The van der Waals surface area contributed by atoms with Crippen LogP contribution in [0.15, 0.2) is 30.3 Å². The number of hydrogen-bond donors (Lipinski definition) is 2. The fourth-order valence-electron chi connectivity index (χ4n) is 4.29. The Balaban J connectivity index is 1.79. The first-order valence-electron chi connectivity index (χ1n) is 7.89. The molecular weight excluding hydrogens is 276 g/mol. The lowest BCUT2D eigenvalue weighted by Crippen LogP contribution is -2.24. The number of methoxy groups -OCH3 is 1. The highest BCUT2D eigenvalue weighted by atomic mass is 16.5. The van der Waals surface area contributed by atoms with Crippen LogP contribution < -0.4 is 4.74 Å². The quantitative estimate of drug-likeness (QED) is 0.840. The van der Waals surface area contributed by atoms with Crippen LogP contribution in [-0.4, -0.2) is 17.3 Å². The van der Waals surface area contributed by atoms with E-state index in [0.29, 0.717) is 23.3 Å². The van der Waals surface area contributed by atoms with Crippen molar-refractivity contribution in [2.75, 3.05) is 7.11 Å². The first kappa shape index (κ1) is 13.5. The van der Waals surface area contributed by atoms with Crippen molar-refractivity contribution in [3.8, 4) is 17.2 Å². The maximum atomic E-state index is 10.00. The Kier molecular flexibility index (Phi) is 3.03. The van der Waals surface area contributed by atoms with Gasteiger partial charge >= 0.3 is 0 Å². The summed E-state index contributed by atoms with van der Waals surface area (Å²) in [6.07, 6.45) is 4.16. The first-order chi connectivity index (χ1) is 10.7. The van der Waals surface area contributed by atoms with E-state index in [4.69, 9.17) is 4.74 Å². The third kappa shape index (κ3) is 1.96. The van der Waals surface area contributed by atoms with Gasteiger partial charge in [0, 0.05) is 0 Å². The van der Waals surface area contributed by atoms with Crippen LogP contribution in [0.1, 0.15) is 46.9 Å². The van der Waals surface area contributed by atoms with Gasteiger partial charge in [-0.05, 0) is 84.0 Å². The molecular formula is C19H20O3. The Hall–Kier alpha value is -2.16. The van der Waals surface area contributed by atoms with Crippen molar-refractivity contribution in [1.29, 1.82) is 0 Å². The van der Waals surface area contributed by atoms with Crippen molar-refractivity contribution in [3.63, 3.8) is 0 Å². The van der Waals surface area contributed by atoms with E-state index in [9.17, 15) is 10.2 Å². The monoisotopic (exact) mass is 296 g/mol. The molecule has 4 rings (SSSR count). The molecule has 0 saturated heterocycles. The molecule has 2 aliphatic rings. The molecule has 3 heteroatoms. The van der Waals surface area contributed by atoms with E-state index in [1.807, 2.05) is 18.2 Å². The summed E-state index contributed by atoms with van der Waals surface area (Å²) in [5, 5.41) is 19.7. The van der Waals surface area contributed by atoms with Crippen molar-refractivity contribution in [3.05, 3.63) is 52.6 Å². The number of aryl methyl sites for hydroxylation is 2. The minimum Gasteiger partial charge on any atom is -0.508 e. The van der Waals surface area contributed by atoms with E-state index < -0.39 is 0 Å². The molecule has 22 heavy (non-hydrogen) atoms. The van der Waals surface area contributed by atoms with Crippen LogP contribution in [0.4, 0.5) is 0 Å². The smallest absolute Gasteiger partial charge is 0.160 e. The molecule has 2 aromatic rings. The van der Waals surface area contributed by atoms with E-state index in [1.165, 1.54) is 22.3 Å². The van der Waals surface area contributed by atoms with Gasteiger partial charge < -0.3 is 14.9 Å². The van der Waals surface area contributed by atoms with Gasteiger partial charge in [0.05, 0.1) is 7.11 Å². The molecule has 3 nitrogen and oxygen atoms in total. The van der Waals surface area contributed by atoms with Crippen LogP contribution in [-0.2, 0) is 12.8 Å². The van der Waals surface area contributed by atoms with Gasteiger partial charge in [0.2, 0.25) is 0 Å². The number of phenolic OH excluding ortho intramolecular Hbond substituents is 2. The Morgan fingerprint density at radius 1 is 0.909 bits per heavy atom. The molecule has 0 radical (unpaired) electrons. The van der Waals surface area contributed by atoms with Crippen LogP contribution >= 0.6 is 0 Å². The number of rotatable bonds is 1. The molecule has 0 bridgehead atoms. The van der Waals surface area contributed by atoms with E-state index in [1.54, 1.807) is 13.2 Å². The van der Waals surface area contributed by atoms with Gasteiger partial charge in [0.25, 0.3) is 0 Å². The predicted molar refractivity (Wildman–Crippen MR) is 84.9 cm³/mol. The third-order valence-corrected chi connectivity index (χ3v) is 5.30. The van der Waals surface area contributed by atoms with Crippen LogP contribution in [0.2, 0.25) is 0 Å². The molecule has 0 saturated carbocycles. The maximum absolute atomic E-state index is 10.00. The normalized spacial score (nSPS) is 22.4. The number of benzene rings is 2. The van der Waals surface area contributed by atoms with Gasteiger partial charge in [-0.25, -0.2) is 0 Å². The van der Waals surface area contributed by atoms with Gasteiger partial charge in [0.15, 0.2) is 11.5 Å². The summed E-state index contributed by atoms with van der Waals surface area (Å²) in [4.78, 5) is 0. The van der Waals surface area contributed by atoms with Gasteiger partial charge in [-0.1, -0.05) is 6.07 Å². The third-order valence-electron chi connectivity index (χ3n) is 5.30. The minimum absolute atomic E-state index is 0.237. The zero-order chi connectivity index (χ0) is 15.3. The Morgan fingerprint density at radius 3 is 2.32 bits per heavy atom. The van der Waals surface area contributed by atoms with Crippen LogP contribution in [0, 0.1) is 0 Å². The highest BCUT2D eigenvalue weighted by molar-refractivity contribution is 5.52. The van der Waals surface area contributed by atoms with Gasteiger partial charge in [-0.3, -0.25) is 0 Å². The molecule has 2 atom stereocenters. The first-order valence-corrected chi connectivity index (χ1v) is 7.89. The average Bonchev–Trinajstić information content (AvgIpc) is 2.53. The molecule has 114 valence electrons. The average molecular weight is 296 g/mol. The van der Waals surface area contributed by atoms with Crippen molar-refractivity contribution < 1.29 is 14.9 Å². The summed E-state index contributed by atoms with van der Waals surface area (Å²) in [5.41, 5.74) is 5.24. The number of phenols is 2. The number of hydrogen-bond acceptors (Lipinski definition) is 3. The second-order valence-corrected chi connectivity index (χ2v) is 6.40. The summed E-state index contributed by atoms with van der Waals surface area (Å²) >= 11 is 0. The Morgan fingerprint density at radius 2 is 1.59 bits per heavy atom. The molecule has 2 N–H and O–H groups in total. The van der Waals surface area contributed by atoms with E-state index in [-0.39, 0.29) is 5.75 Å². The van der Waals surface area contributed by atoms with E-state index in [2.05, 4.69) is 6.07 Å². The molecule has 0 aromatic heterocycles. The van der Waals surface area contributed by atoms with Crippen LogP contribution in [0.5, 0.6) is 17.2 Å². The lowest BCUT2D eigenvalue weighted by atomic mass is 9.66. The van der Waals surface area contributed by atoms with E-state index in [0.717, 1.165) is 25.7 Å². The van der Waals surface area contributed by atoms with Crippen molar-refractivity contribution in [2.24, 2.45) is 0 Å². The van der Waals surface area contributed by atoms with Gasteiger partial charge in [-0.2, -0.15) is 0 Å². The topological polar surface area (TPSA) is 49.7 Å².